The molecule has 1 saturated heterocycles. The number of rotatable bonds is 3. The van der Waals surface area contributed by atoms with Crippen molar-refractivity contribution in [1.82, 2.24) is 0 Å². The summed E-state index contributed by atoms with van der Waals surface area (Å²) in [4.78, 5) is 23.8. The molecule has 0 atom stereocenters. The Morgan fingerprint density at radius 1 is 1.31 bits per heavy atom. The fraction of sp³-hybridized carbons (Fsp3) is 0.333. The molecule has 1 aromatic carbocycles. The van der Waals surface area contributed by atoms with Crippen LogP contribution in [0.3, 0.4) is 0 Å². The molecule has 84 valence electrons. The Morgan fingerprint density at radius 3 is 2.56 bits per heavy atom. The third-order valence-corrected chi connectivity index (χ3v) is 2.83. The number of hydrogen-bond acceptors (Lipinski definition) is 3. The molecule has 0 spiro atoms. The van der Waals surface area contributed by atoms with Crippen molar-refractivity contribution in [3.05, 3.63) is 29.3 Å². The molecule has 0 aromatic heterocycles. The molecule has 0 saturated carbocycles. The van der Waals surface area contributed by atoms with Crippen LogP contribution in [0.15, 0.2) is 18.2 Å². The highest BCUT2D eigenvalue weighted by atomic mass is 16.4. The van der Waals surface area contributed by atoms with Gasteiger partial charge in [0, 0.05) is 18.7 Å². The number of hydrogen-bond donors (Lipinski definition) is 1. The lowest BCUT2D eigenvalue weighted by molar-refractivity contribution is 0.0697. The minimum atomic E-state index is -0.981. The van der Waals surface area contributed by atoms with E-state index in [4.69, 9.17) is 5.11 Å². The molecule has 1 fully saturated rings. The predicted molar refractivity (Wildman–Crippen MR) is 60.2 cm³/mol. The summed E-state index contributed by atoms with van der Waals surface area (Å²) in [6, 6.07) is 4.81. The minimum absolute atomic E-state index is 0.214. The summed E-state index contributed by atoms with van der Waals surface area (Å²) in [5.41, 5.74) is 1.34. The van der Waals surface area contributed by atoms with Crippen molar-refractivity contribution >= 4 is 17.9 Å². The summed E-state index contributed by atoms with van der Waals surface area (Å²) in [5.74, 6) is -0.981. The van der Waals surface area contributed by atoms with Gasteiger partial charge in [0.05, 0.1) is 11.3 Å². The highest BCUT2D eigenvalue weighted by Crippen LogP contribution is 2.25. The number of carboxylic acids is 1. The Bertz CT molecular complexity index is 422. The number of anilines is 1. The van der Waals surface area contributed by atoms with Crippen LogP contribution in [0.25, 0.3) is 0 Å². The van der Waals surface area contributed by atoms with E-state index < -0.39 is 5.97 Å². The van der Waals surface area contributed by atoms with E-state index in [0.717, 1.165) is 31.6 Å². The second-order valence-corrected chi connectivity index (χ2v) is 3.89. The van der Waals surface area contributed by atoms with Crippen LogP contribution in [0, 0.1) is 0 Å². The molecule has 16 heavy (non-hydrogen) atoms. The van der Waals surface area contributed by atoms with Gasteiger partial charge in [-0.2, -0.15) is 0 Å². The number of nitrogens with zero attached hydrogens (tertiary/aromatic N) is 1. The zero-order valence-corrected chi connectivity index (χ0v) is 8.85. The number of carbonyl (C=O) groups is 2. The summed E-state index contributed by atoms with van der Waals surface area (Å²) in [7, 11) is 0. The van der Waals surface area contributed by atoms with E-state index >= 15 is 0 Å². The van der Waals surface area contributed by atoms with Gasteiger partial charge in [0.25, 0.3) is 0 Å². The van der Waals surface area contributed by atoms with Crippen LogP contribution in [-0.4, -0.2) is 30.5 Å². The van der Waals surface area contributed by atoms with Gasteiger partial charge in [0.1, 0.15) is 6.29 Å². The highest BCUT2D eigenvalue weighted by Gasteiger charge is 2.19. The molecular weight excluding hydrogens is 206 g/mol. The molecule has 4 heteroatoms. The summed E-state index contributed by atoms with van der Waals surface area (Å²) < 4.78 is 0. The molecule has 1 aromatic rings. The molecule has 1 N–H and O–H groups in total. The van der Waals surface area contributed by atoms with Crippen molar-refractivity contribution in [3.8, 4) is 0 Å². The molecule has 1 aliphatic rings. The topological polar surface area (TPSA) is 57.6 Å². The van der Waals surface area contributed by atoms with Gasteiger partial charge < -0.3 is 10.0 Å². The van der Waals surface area contributed by atoms with E-state index in [9.17, 15) is 9.59 Å². The van der Waals surface area contributed by atoms with Gasteiger partial charge in [-0.05, 0) is 31.0 Å². The maximum absolute atomic E-state index is 11.1. The molecule has 0 amide bonds. The number of aromatic carboxylic acids is 1. The number of aldehydes is 1. The van der Waals surface area contributed by atoms with Crippen molar-refractivity contribution in [2.75, 3.05) is 18.0 Å². The Kier molecular flexibility index (Phi) is 2.90. The fourth-order valence-electron chi connectivity index (χ4n) is 2.03. The maximum atomic E-state index is 11.1. The van der Waals surface area contributed by atoms with Gasteiger partial charge >= 0.3 is 5.97 Å². The molecular formula is C12H13NO3. The summed E-state index contributed by atoms with van der Waals surface area (Å²) >= 11 is 0. The zero-order valence-electron chi connectivity index (χ0n) is 8.85. The quantitative estimate of drug-likeness (QED) is 0.787. The van der Waals surface area contributed by atoms with Crippen LogP contribution in [0.5, 0.6) is 0 Å². The minimum Gasteiger partial charge on any atom is -0.478 e. The van der Waals surface area contributed by atoms with Gasteiger partial charge in [0.2, 0.25) is 0 Å². The molecule has 4 nitrogen and oxygen atoms in total. The van der Waals surface area contributed by atoms with Gasteiger partial charge in [-0.15, -0.1) is 0 Å². The van der Waals surface area contributed by atoms with E-state index in [1.807, 2.05) is 0 Å². The van der Waals surface area contributed by atoms with Crippen LogP contribution in [0.2, 0.25) is 0 Å². The molecule has 1 heterocycles. The van der Waals surface area contributed by atoms with Crippen molar-refractivity contribution in [2.45, 2.75) is 12.8 Å². The third kappa shape index (κ3) is 1.91. The smallest absolute Gasteiger partial charge is 0.337 e. The standard InChI is InChI=1S/C12H13NO3/c14-8-9-3-4-11(10(7-9)12(15)16)13-5-1-2-6-13/h3-4,7-8H,1-2,5-6H2,(H,15,16). The molecule has 0 aliphatic carbocycles. The Hall–Kier alpha value is -1.84. The average molecular weight is 219 g/mol. The Balaban J connectivity index is 2.42. The van der Waals surface area contributed by atoms with Gasteiger partial charge in [0.15, 0.2) is 0 Å². The zero-order chi connectivity index (χ0) is 11.5. The monoisotopic (exact) mass is 219 g/mol. The Morgan fingerprint density at radius 2 is 2.00 bits per heavy atom. The second kappa shape index (κ2) is 4.35. The van der Waals surface area contributed by atoms with Gasteiger partial charge in [-0.3, -0.25) is 4.79 Å². The predicted octanol–water partition coefficient (Wildman–Crippen LogP) is 1.80. The molecule has 1 aliphatic heterocycles. The molecule has 0 radical (unpaired) electrons. The van der Waals surface area contributed by atoms with Gasteiger partial charge in [-0.1, -0.05) is 0 Å². The van der Waals surface area contributed by atoms with E-state index in [2.05, 4.69) is 4.90 Å². The van der Waals surface area contributed by atoms with E-state index in [1.54, 1.807) is 12.1 Å². The number of benzene rings is 1. The van der Waals surface area contributed by atoms with Crippen LogP contribution >= 0.6 is 0 Å². The van der Waals surface area contributed by atoms with Crippen molar-refractivity contribution in [1.29, 1.82) is 0 Å². The molecule has 2 rings (SSSR count). The fourth-order valence-corrected chi connectivity index (χ4v) is 2.03. The molecule has 0 unspecified atom stereocenters. The third-order valence-electron chi connectivity index (χ3n) is 2.83. The lowest BCUT2D eigenvalue weighted by atomic mass is 10.1. The van der Waals surface area contributed by atoms with Crippen LogP contribution < -0.4 is 4.90 Å². The SMILES string of the molecule is O=Cc1ccc(N2CCCC2)c(C(=O)O)c1. The normalized spacial score (nSPS) is 15.1. The lowest BCUT2D eigenvalue weighted by Gasteiger charge is -2.19. The second-order valence-electron chi connectivity index (χ2n) is 3.89. The first-order valence-corrected chi connectivity index (χ1v) is 5.30. The van der Waals surface area contributed by atoms with Gasteiger partial charge in [-0.25, -0.2) is 4.79 Å². The number of carbonyl (C=O) groups excluding carboxylic acids is 1. The first-order chi connectivity index (χ1) is 7.72. The van der Waals surface area contributed by atoms with E-state index in [1.165, 1.54) is 6.07 Å². The first-order valence-electron chi connectivity index (χ1n) is 5.30. The number of carboxylic acid groups (broad SMARTS) is 1. The largest absolute Gasteiger partial charge is 0.478 e. The lowest BCUT2D eigenvalue weighted by Crippen LogP contribution is -2.20. The van der Waals surface area contributed by atoms with E-state index in [0.29, 0.717) is 11.8 Å². The van der Waals surface area contributed by atoms with Crippen LogP contribution in [-0.2, 0) is 0 Å². The summed E-state index contributed by atoms with van der Waals surface area (Å²) in [6.45, 7) is 1.78. The first kappa shape index (κ1) is 10.7. The average Bonchev–Trinajstić information content (AvgIpc) is 2.81. The molecule has 0 bridgehead atoms. The summed E-state index contributed by atoms with van der Waals surface area (Å²) in [5, 5.41) is 9.10. The Labute approximate surface area is 93.5 Å². The maximum Gasteiger partial charge on any atom is 0.337 e. The summed E-state index contributed by atoms with van der Waals surface area (Å²) in [6.07, 6.45) is 2.85. The highest BCUT2D eigenvalue weighted by molar-refractivity contribution is 5.96. The van der Waals surface area contributed by atoms with Crippen LogP contribution in [0.4, 0.5) is 5.69 Å². The van der Waals surface area contributed by atoms with Crippen molar-refractivity contribution in [2.24, 2.45) is 0 Å². The van der Waals surface area contributed by atoms with E-state index in [-0.39, 0.29) is 5.56 Å². The van der Waals surface area contributed by atoms with Crippen molar-refractivity contribution in [3.63, 3.8) is 0 Å². The van der Waals surface area contributed by atoms with Crippen molar-refractivity contribution < 1.29 is 14.7 Å². The van der Waals surface area contributed by atoms with Crippen LogP contribution in [0.1, 0.15) is 33.6 Å².